The molecule has 1 aromatic carbocycles. The van der Waals surface area contributed by atoms with Gasteiger partial charge in [0.05, 0.1) is 0 Å². The van der Waals surface area contributed by atoms with Gasteiger partial charge in [0.15, 0.2) is 0 Å². The molecule has 19 heavy (non-hydrogen) atoms. The molecular formula is C16H27N3. The van der Waals surface area contributed by atoms with E-state index in [0.717, 1.165) is 19.6 Å². The fourth-order valence-electron chi connectivity index (χ4n) is 2.86. The molecular weight excluding hydrogens is 234 g/mol. The van der Waals surface area contributed by atoms with E-state index in [1.165, 1.54) is 17.7 Å². The monoisotopic (exact) mass is 261 g/mol. The Kier molecular flexibility index (Phi) is 4.83. The predicted molar refractivity (Wildman–Crippen MR) is 82.9 cm³/mol. The van der Waals surface area contributed by atoms with E-state index in [9.17, 15) is 0 Å². The highest BCUT2D eigenvalue weighted by Crippen LogP contribution is 2.24. The number of benzene rings is 1. The first-order valence-electron chi connectivity index (χ1n) is 7.30. The maximum absolute atomic E-state index is 3.28. The molecule has 1 N–H and O–H groups in total. The quantitative estimate of drug-likeness (QED) is 0.895. The molecule has 2 unspecified atom stereocenters. The highest BCUT2D eigenvalue weighted by Gasteiger charge is 2.29. The van der Waals surface area contributed by atoms with Gasteiger partial charge in [-0.1, -0.05) is 12.1 Å². The van der Waals surface area contributed by atoms with Crippen molar-refractivity contribution < 1.29 is 0 Å². The summed E-state index contributed by atoms with van der Waals surface area (Å²) in [6.07, 6.45) is 1.20. The summed E-state index contributed by atoms with van der Waals surface area (Å²) in [6.45, 7) is 7.84. The minimum atomic E-state index is 0.607. The minimum absolute atomic E-state index is 0.607. The van der Waals surface area contributed by atoms with Crippen LogP contribution in [-0.2, 0) is 0 Å². The molecule has 0 saturated carbocycles. The topological polar surface area (TPSA) is 18.5 Å². The van der Waals surface area contributed by atoms with E-state index in [0.29, 0.717) is 12.1 Å². The zero-order chi connectivity index (χ0) is 13.8. The maximum atomic E-state index is 3.28. The summed E-state index contributed by atoms with van der Waals surface area (Å²) in [5, 5.41) is 3.28. The van der Waals surface area contributed by atoms with E-state index in [1.54, 1.807) is 0 Å². The second-order valence-electron chi connectivity index (χ2n) is 5.83. The normalized spacial score (nSPS) is 24.7. The van der Waals surface area contributed by atoms with Crippen molar-refractivity contribution in [2.24, 2.45) is 0 Å². The number of hydrogen-bond donors (Lipinski definition) is 1. The van der Waals surface area contributed by atoms with Crippen LogP contribution in [0.5, 0.6) is 0 Å². The summed E-state index contributed by atoms with van der Waals surface area (Å²) < 4.78 is 0. The van der Waals surface area contributed by atoms with Crippen LogP contribution in [0.15, 0.2) is 24.3 Å². The molecule has 0 aromatic heterocycles. The number of rotatable bonds is 4. The van der Waals surface area contributed by atoms with E-state index in [4.69, 9.17) is 0 Å². The molecule has 106 valence electrons. The standard InChI is InChI=1S/C16H27N3/c1-13-6-5-7-15(10-13)19-11-14(2)18(4)12-16(19)8-9-17-3/h5-7,10,14,16-17H,8-9,11-12H2,1-4H3. The van der Waals surface area contributed by atoms with Gasteiger partial charge < -0.3 is 10.2 Å². The molecule has 2 atom stereocenters. The summed E-state index contributed by atoms with van der Waals surface area (Å²) in [4.78, 5) is 5.07. The molecule has 0 bridgehead atoms. The number of anilines is 1. The van der Waals surface area contributed by atoms with Gasteiger partial charge in [0.2, 0.25) is 0 Å². The molecule has 1 aliphatic heterocycles. The molecule has 0 radical (unpaired) electrons. The molecule has 2 rings (SSSR count). The Hall–Kier alpha value is -1.06. The highest BCUT2D eigenvalue weighted by molar-refractivity contribution is 5.50. The molecule has 1 fully saturated rings. The lowest BCUT2D eigenvalue weighted by Gasteiger charge is -2.45. The van der Waals surface area contributed by atoms with Crippen molar-refractivity contribution in [1.29, 1.82) is 0 Å². The van der Waals surface area contributed by atoms with Gasteiger partial charge in [0.1, 0.15) is 0 Å². The van der Waals surface area contributed by atoms with Crippen LogP contribution in [0.2, 0.25) is 0 Å². The Morgan fingerprint density at radius 3 is 2.79 bits per heavy atom. The third-order valence-electron chi connectivity index (χ3n) is 4.21. The Balaban J connectivity index is 2.18. The molecule has 1 aromatic rings. The van der Waals surface area contributed by atoms with Crippen molar-refractivity contribution in [2.45, 2.75) is 32.4 Å². The van der Waals surface area contributed by atoms with Crippen LogP contribution in [0.25, 0.3) is 0 Å². The van der Waals surface area contributed by atoms with Crippen molar-refractivity contribution in [3.8, 4) is 0 Å². The zero-order valence-corrected chi connectivity index (χ0v) is 12.7. The first-order chi connectivity index (χ1) is 9.11. The van der Waals surface area contributed by atoms with Gasteiger partial charge in [-0.15, -0.1) is 0 Å². The average molecular weight is 261 g/mol. The van der Waals surface area contributed by atoms with E-state index in [2.05, 4.69) is 60.3 Å². The largest absolute Gasteiger partial charge is 0.366 e. The van der Waals surface area contributed by atoms with E-state index < -0.39 is 0 Å². The lowest BCUT2D eigenvalue weighted by Crippen LogP contribution is -2.56. The Labute approximate surface area is 117 Å². The van der Waals surface area contributed by atoms with Gasteiger partial charge in [0.25, 0.3) is 0 Å². The van der Waals surface area contributed by atoms with Crippen LogP contribution in [0, 0.1) is 6.92 Å². The molecule has 3 heteroatoms. The van der Waals surface area contributed by atoms with Crippen LogP contribution in [0.4, 0.5) is 5.69 Å². The Bertz CT molecular complexity index is 405. The van der Waals surface area contributed by atoms with Gasteiger partial charge in [0, 0.05) is 30.9 Å². The molecule has 1 aliphatic rings. The van der Waals surface area contributed by atoms with Crippen LogP contribution >= 0.6 is 0 Å². The van der Waals surface area contributed by atoms with Crippen LogP contribution in [0.3, 0.4) is 0 Å². The summed E-state index contributed by atoms with van der Waals surface area (Å²) in [5.74, 6) is 0. The number of piperazine rings is 1. The Morgan fingerprint density at radius 1 is 1.32 bits per heavy atom. The van der Waals surface area contributed by atoms with E-state index in [1.807, 2.05) is 7.05 Å². The number of likely N-dealkylation sites (N-methyl/N-ethyl adjacent to an activating group) is 1. The third-order valence-corrected chi connectivity index (χ3v) is 4.21. The fraction of sp³-hybridized carbons (Fsp3) is 0.625. The number of hydrogen-bond acceptors (Lipinski definition) is 3. The van der Waals surface area contributed by atoms with Gasteiger partial charge >= 0.3 is 0 Å². The predicted octanol–water partition coefficient (Wildman–Crippen LogP) is 2.11. The van der Waals surface area contributed by atoms with Crippen LogP contribution in [-0.4, -0.2) is 50.7 Å². The number of nitrogens with zero attached hydrogens (tertiary/aromatic N) is 2. The van der Waals surface area contributed by atoms with Crippen molar-refractivity contribution in [2.75, 3.05) is 38.6 Å². The third kappa shape index (κ3) is 3.48. The molecule has 0 aliphatic carbocycles. The van der Waals surface area contributed by atoms with Crippen molar-refractivity contribution in [3.63, 3.8) is 0 Å². The van der Waals surface area contributed by atoms with Gasteiger partial charge in [-0.05, 0) is 58.6 Å². The van der Waals surface area contributed by atoms with E-state index >= 15 is 0 Å². The summed E-state index contributed by atoms with van der Waals surface area (Å²) in [5.41, 5.74) is 2.72. The zero-order valence-electron chi connectivity index (χ0n) is 12.7. The SMILES string of the molecule is CNCCC1CN(C)C(C)CN1c1cccc(C)c1. The molecule has 3 nitrogen and oxygen atoms in total. The van der Waals surface area contributed by atoms with Crippen molar-refractivity contribution in [3.05, 3.63) is 29.8 Å². The van der Waals surface area contributed by atoms with Gasteiger partial charge in [-0.25, -0.2) is 0 Å². The Morgan fingerprint density at radius 2 is 2.11 bits per heavy atom. The highest BCUT2D eigenvalue weighted by atomic mass is 15.3. The van der Waals surface area contributed by atoms with Gasteiger partial charge in [-0.3, -0.25) is 4.90 Å². The van der Waals surface area contributed by atoms with Gasteiger partial charge in [-0.2, -0.15) is 0 Å². The average Bonchev–Trinajstić information content (AvgIpc) is 2.39. The minimum Gasteiger partial charge on any atom is -0.366 e. The summed E-state index contributed by atoms with van der Waals surface area (Å²) in [7, 11) is 4.27. The lowest BCUT2D eigenvalue weighted by molar-refractivity contribution is 0.195. The smallest absolute Gasteiger partial charge is 0.0429 e. The maximum Gasteiger partial charge on any atom is 0.0429 e. The summed E-state index contributed by atoms with van der Waals surface area (Å²) in [6, 6.07) is 10.1. The first-order valence-corrected chi connectivity index (χ1v) is 7.30. The van der Waals surface area contributed by atoms with Crippen molar-refractivity contribution >= 4 is 5.69 Å². The molecule has 1 heterocycles. The summed E-state index contributed by atoms with van der Waals surface area (Å²) >= 11 is 0. The second-order valence-corrected chi connectivity index (χ2v) is 5.83. The second kappa shape index (κ2) is 6.40. The molecule has 1 saturated heterocycles. The van der Waals surface area contributed by atoms with Crippen LogP contribution < -0.4 is 10.2 Å². The van der Waals surface area contributed by atoms with Crippen LogP contribution in [0.1, 0.15) is 18.9 Å². The molecule has 0 amide bonds. The molecule has 0 spiro atoms. The number of nitrogens with one attached hydrogen (secondary N) is 1. The lowest BCUT2D eigenvalue weighted by atomic mass is 10.0. The van der Waals surface area contributed by atoms with E-state index in [-0.39, 0.29) is 0 Å². The fourth-order valence-corrected chi connectivity index (χ4v) is 2.86. The first kappa shape index (κ1) is 14.4. The number of aryl methyl sites for hydroxylation is 1. The van der Waals surface area contributed by atoms with Crippen molar-refractivity contribution in [1.82, 2.24) is 10.2 Å².